The van der Waals surface area contributed by atoms with Gasteiger partial charge in [-0.05, 0) is 26.3 Å². The summed E-state index contributed by atoms with van der Waals surface area (Å²) in [4.78, 5) is 11.8. The van der Waals surface area contributed by atoms with Crippen molar-refractivity contribution in [2.75, 3.05) is 6.54 Å². The third-order valence-electron chi connectivity index (χ3n) is 3.10. The van der Waals surface area contributed by atoms with E-state index in [4.69, 9.17) is 5.73 Å². The predicted octanol–water partition coefficient (Wildman–Crippen LogP) is 2.67. The van der Waals surface area contributed by atoms with Crippen molar-refractivity contribution in [3.63, 3.8) is 0 Å². The molecule has 0 bridgehead atoms. The molecule has 1 aromatic carbocycles. The minimum absolute atomic E-state index is 0.000000000000000222. The standard InChI is InChI=1S/C14H18N2O/c1-9(2)16-8-12(13(17)7-15)11-6-4-5-10(3)14(11)16/h4-6,8-9H,7,15H2,1-3H3. The summed E-state index contributed by atoms with van der Waals surface area (Å²) in [7, 11) is 0. The molecule has 0 amide bonds. The highest BCUT2D eigenvalue weighted by molar-refractivity contribution is 6.09. The largest absolute Gasteiger partial charge is 0.344 e. The van der Waals surface area contributed by atoms with E-state index >= 15 is 0 Å². The summed E-state index contributed by atoms with van der Waals surface area (Å²) in [5.41, 5.74) is 8.52. The zero-order valence-electron chi connectivity index (χ0n) is 10.5. The van der Waals surface area contributed by atoms with Gasteiger partial charge in [0, 0.05) is 23.2 Å². The summed E-state index contributed by atoms with van der Waals surface area (Å²) < 4.78 is 2.15. The molecule has 1 aromatic heterocycles. The summed E-state index contributed by atoms with van der Waals surface area (Å²) in [6.45, 7) is 6.36. The third-order valence-corrected chi connectivity index (χ3v) is 3.10. The van der Waals surface area contributed by atoms with E-state index < -0.39 is 0 Å². The van der Waals surface area contributed by atoms with E-state index in [0.717, 1.165) is 16.5 Å². The van der Waals surface area contributed by atoms with Crippen LogP contribution in [0.2, 0.25) is 0 Å². The second-order valence-corrected chi connectivity index (χ2v) is 4.64. The van der Waals surface area contributed by atoms with Crippen LogP contribution in [0.3, 0.4) is 0 Å². The molecular formula is C14H18N2O. The van der Waals surface area contributed by atoms with Crippen molar-refractivity contribution >= 4 is 16.7 Å². The van der Waals surface area contributed by atoms with Gasteiger partial charge in [-0.3, -0.25) is 4.79 Å². The fourth-order valence-electron chi connectivity index (χ4n) is 2.23. The molecule has 0 aliphatic carbocycles. The molecule has 3 nitrogen and oxygen atoms in total. The highest BCUT2D eigenvalue weighted by Crippen LogP contribution is 2.27. The van der Waals surface area contributed by atoms with Crippen molar-refractivity contribution in [2.45, 2.75) is 26.8 Å². The molecule has 2 N–H and O–H groups in total. The molecule has 0 aliphatic rings. The van der Waals surface area contributed by atoms with E-state index in [1.165, 1.54) is 5.56 Å². The van der Waals surface area contributed by atoms with E-state index in [-0.39, 0.29) is 12.3 Å². The Morgan fingerprint density at radius 1 is 1.41 bits per heavy atom. The molecule has 90 valence electrons. The molecule has 1 heterocycles. The normalized spacial score (nSPS) is 11.4. The van der Waals surface area contributed by atoms with E-state index in [0.29, 0.717) is 6.04 Å². The second kappa shape index (κ2) is 4.34. The fraction of sp³-hybridized carbons (Fsp3) is 0.357. The van der Waals surface area contributed by atoms with Gasteiger partial charge in [0.15, 0.2) is 5.78 Å². The minimum atomic E-state index is 0.000000000000000222. The van der Waals surface area contributed by atoms with Crippen LogP contribution in [0.1, 0.15) is 35.8 Å². The zero-order valence-corrected chi connectivity index (χ0v) is 10.5. The first-order chi connectivity index (χ1) is 8.06. The molecule has 0 unspecified atom stereocenters. The first kappa shape index (κ1) is 11.9. The van der Waals surface area contributed by atoms with Crippen molar-refractivity contribution in [2.24, 2.45) is 5.73 Å². The molecule has 2 rings (SSSR count). The molecular weight excluding hydrogens is 212 g/mol. The number of aromatic nitrogens is 1. The zero-order chi connectivity index (χ0) is 12.6. The van der Waals surface area contributed by atoms with Crippen molar-refractivity contribution in [1.82, 2.24) is 4.57 Å². The number of nitrogens with zero attached hydrogens (tertiary/aromatic N) is 1. The van der Waals surface area contributed by atoms with Crippen LogP contribution >= 0.6 is 0 Å². The number of rotatable bonds is 3. The molecule has 0 aliphatic heterocycles. The Morgan fingerprint density at radius 2 is 2.12 bits per heavy atom. The predicted molar refractivity (Wildman–Crippen MR) is 70.4 cm³/mol. The number of hydrogen-bond donors (Lipinski definition) is 1. The first-order valence-corrected chi connectivity index (χ1v) is 5.89. The van der Waals surface area contributed by atoms with Crippen molar-refractivity contribution in [3.05, 3.63) is 35.5 Å². The van der Waals surface area contributed by atoms with Crippen molar-refractivity contribution in [3.8, 4) is 0 Å². The monoisotopic (exact) mass is 230 g/mol. The van der Waals surface area contributed by atoms with Crippen LogP contribution in [0, 0.1) is 6.92 Å². The van der Waals surface area contributed by atoms with Gasteiger partial charge in [0.2, 0.25) is 0 Å². The Morgan fingerprint density at radius 3 is 2.71 bits per heavy atom. The Bertz CT molecular complexity index is 567. The highest BCUT2D eigenvalue weighted by atomic mass is 16.1. The highest BCUT2D eigenvalue weighted by Gasteiger charge is 2.16. The van der Waals surface area contributed by atoms with Gasteiger partial charge < -0.3 is 10.3 Å². The number of ketones is 1. The summed E-state index contributed by atoms with van der Waals surface area (Å²) in [6.07, 6.45) is 1.93. The minimum Gasteiger partial charge on any atom is -0.344 e. The molecule has 3 heteroatoms. The molecule has 17 heavy (non-hydrogen) atoms. The number of carbonyl (C=O) groups is 1. The first-order valence-electron chi connectivity index (χ1n) is 5.89. The lowest BCUT2D eigenvalue weighted by molar-refractivity contribution is 0.100. The van der Waals surface area contributed by atoms with E-state index in [2.05, 4.69) is 31.4 Å². The van der Waals surface area contributed by atoms with E-state index in [1.807, 2.05) is 18.3 Å². The van der Waals surface area contributed by atoms with Gasteiger partial charge in [-0.15, -0.1) is 0 Å². The van der Waals surface area contributed by atoms with E-state index in [1.54, 1.807) is 0 Å². The molecule has 0 radical (unpaired) electrons. The van der Waals surface area contributed by atoms with Crippen LogP contribution in [0.5, 0.6) is 0 Å². The van der Waals surface area contributed by atoms with Crippen LogP contribution in [0.4, 0.5) is 0 Å². The smallest absolute Gasteiger partial charge is 0.178 e. The summed E-state index contributed by atoms with van der Waals surface area (Å²) >= 11 is 0. The number of nitrogens with two attached hydrogens (primary N) is 1. The number of hydrogen-bond acceptors (Lipinski definition) is 2. The molecule has 0 saturated heterocycles. The SMILES string of the molecule is Cc1cccc2c(C(=O)CN)cn(C(C)C)c12. The molecule has 0 atom stereocenters. The summed E-state index contributed by atoms with van der Waals surface area (Å²) in [5, 5.41) is 1.01. The quantitative estimate of drug-likeness (QED) is 0.824. The second-order valence-electron chi connectivity index (χ2n) is 4.64. The Balaban J connectivity index is 2.80. The molecule has 0 fully saturated rings. The molecule has 2 aromatic rings. The lowest BCUT2D eigenvalue weighted by atomic mass is 10.1. The van der Waals surface area contributed by atoms with Gasteiger partial charge in [0.25, 0.3) is 0 Å². The fourth-order valence-corrected chi connectivity index (χ4v) is 2.23. The number of Topliss-reactive ketones (excluding diaryl/α,β-unsaturated/α-hetero) is 1. The van der Waals surface area contributed by atoms with Gasteiger partial charge in [0.05, 0.1) is 12.1 Å². The van der Waals surface area contributed by atoms with Gasteiger partial charge in [-0.2, -0.15) is 0 Å². The number of benzene rings is 1. The Labute approximate surface area is 101 Å². The van der Waals surface area contributed by atoms with Gasteiger partial charge in [-0.25, -0.2) is 0 Å². The van der Waals surface area contributed by atoms with Gasteiger partial charge in [0.1, 0.15) is 0 Å². The van der Waals surface area contributed by atoms with Crippen LogP contribution < -0.4 is 5.73 Å². The maximum Gasteiger partial charge on any atom is 0.178 e. The maximum atomic E-state index is 11.8. The summed E-state index contributed by atoms with van der Waals surface area (Å²) in [6, 6.07) is 6.37. The molecule has 0 spiro atoms. The third kappa shape index (κ3) is 1.87. The van der Waals surface area contributed by atoms with Crippen LogP contribution in [-0.4, -0.2) is 16.9 Å². The number of aryl methyl sites for hydroxylation is 1. The van der Waals surface area contributed by atoms with Crippen LogP contribution in [0.15, 0.2) is 24.4 Å². The number of carbonyl (C=O) groups excluding carboxylic acids is 1. The summed E-state index contributed by atoms with van der Waals surface area (Å²) in [5.74, 6) is 0.000000000000000222. The number of para-hydroxylation sites is 1. The topological polar surface area (TPSA) is 48.0 Å². The molecule has 0 saturated carbocycles. The average molecular weight is 230 g/mol. The van der Waals surface area contributed by atoms with Crippen molar-refractivity contribution in [1.29, 1.82) is 0 Å². The lowest BCUT2D eigenvalue weighted by Gasteiger charge is -2.10. The van der Waals surface area contributed by atoms with Crippen LogP contribution in [-0.2, 0) is 0 Å². The van der Waals surface area contributed by atoms with Gasteiger partial charge >= 0.3 is 0 Å². The number of fused-ring (bicyclic) bond motifs is 1. The Kier molecular flexibility index (Phi) is 3.03. The van der Waals surface area contributed by atoms with Crippen LogP contribution in [0.25, 0.3) is 10.9 Å². The maximum absolute atomic E-state index is 11.8. The average Bonchev–Trinajstić information content (AvgIpc) is 2.69. The Hall–Kier alpha value is -1.61. The van der Waals surface area contributed by atoms with Gasteiger partial charge in [-0.1, -0.05) is 18.2 Å². The lowest BCUT2D eigenvalue weighted by Crippen LogP contribution is -2.13. The van der Waals surface area contributed by atoms with Crippen molar-refractivity contribution < 1.29 is 4.79 Å². The van der Waals surface area contributed by atoms with E-state index in [9.17, 15) is 4.79 Å².